The van der Waals surface area contributed by atoms with E-state index in [4.69, 9.17) is 4.74 Å². The van der Waals surface area contributed by atoms with Crippen LogP contribution in [0.3, 0.4) is 0 Å². The van der Waals surface area contributed by atoms with E-state index in [1.807, 2.05) is 47.9 Å². The van der Waals surface area contributed by atoms with Crippen LogP contribution in [0.25, 0.3) is 0 Å². The van der Waals surface area contributed by atoms with Crippen LogP contribution in [0.15, 0.2) is 58.2 Å². The first-order valence-electron chi connectivity index (χ1n) is 9.70. The van der Waals surface area contributed by atoms with Crippen molar-refractivity contribution in [1.29, 1.82) is 0 Å². The first kappa shape index (κ1) is 22.5. The lowest BCUT2D eigenvalue weighted by Crippen LogP contribution is -2.16. The number of ether oxygens (including phenoxy) is 1. The minimum absolute atomic E-state index is 0.0864. The van der Waals surface area contributed by atoms with Gasteiger partial charge < -0.3 is 14.6 Å². The van der Waals surface area contributed by atoms with Crippen LogP contribution >= 0.6 is 27.7 Å². The molecule has 1 heterocycles. The molecule has 0 atom stereocenters. The molecule has 8 heteroatoms. The quantitative estimate of drug-likeness (QED) is 0.425. The summed E-state index contributed by atoms with van der Waals surface area (Å²) in [6, 6.07) is 16.1. The van der Waals surface area contributed by atoms with Crippen molar-refractivity contribution in [3.63, 3.8) is 0 Å². The van der Waals surface area contributed by atoms with Crippen molar-refractivity contribution >= 4 is 39.3 Å². The lowest BCUT2D eigenvalue weighted by Gasteiger charge is -2.10. The van der Waals surface area contributed by atoms with Gasteiger partial charge in [0.05, 0.1) is 18.0 Å². The fourth-order valence-corrected chi connectivity index (χ4v) is 4.33. The normalized spacial score (nSPS) is 10.9. The van der Waals surface area contributed by atoms with Gasteiger partial charge in [-0.1, -0.05) is 48.2 Å². The molecular weight excluding hydrogens is 464 g/mol. The van der Waals surface area contributed by atoms with Crippen LogP contribution < -0.4 is 5.32 Å². The van der Waals surface area contributed by atoms with Crippen LogP contribution in [0.5, 0.6) is 0 Å². The van der Waals surface area contributed by atoms with Crippen LogP contribution in [0.4, 0.5) is 5.69 Å². The summed E-state index contributed by atoms with van der Waals surface area (Å²) >= 11 is 4.87. The average molecular weight is 489 g/mol. The second-order valence-corrected chi connectivity index (χ2v) is 8.65. The molecule has 30 heavy (non-hydrogen) atoms. The third kappa shape index (κ3) is 6.42. The van der Waals surface area contributed by atoms with E-state index < -0.39 is 0 Å². The molecule has 158 valence electrons. The second-order valence-electron chi connectivity index (χ2n) is 6.85. The van der Waals surface area contributed by atoms with Gasteiger partial charge in [0.1, 0.15) is 5.82 Å². The number of hydrogen-bond acceptors (Lipinski definition) is 5. The average Bonchev–Trinajstić information content (AvgIpc) is 3.13. The highest BCUT2D eigenvalue weighted by Crippen LogP contribution is 2.24. The number of methoxy groups -OCH3 is 1. The predicted octanol–water partition coefficient (Wildman–Crippen LogP) is 4.51. The van der Waals surface area contributed by atoms with E-state index in [1.165, 1.54) is 17.3 Å². The van der Waals surface area contributed by atoms with Gasteiger partial charge in [-0.2, -0.15) is 0 Å². The number of nitrogens with one attached hydrogen (secondary N) is 1. The molecule has 0 saturated heterocycles. The Labute approximate surface area is 189 Å². The molecule has 0 aliphatic heterocycles. The number of carbonyl (C=O) groups is 1. The molecule has 3 rings (SSSR count). The zero-order chi connectivity index (χ0) is 21.3. The minimum Gasteiger partial charge on any atom is -0.383 e. The summed E-state index contributed by atoms with van der Waals surface area (Å²) in [5.41, 5.74) is 3.15. The van der Waals surface area contributed by atoms with Gasteiger partial charge in [-0.05, 0) is 52.5 Å². The maximum Gasteiger partial charge on any atom is 0.234 e. The van der Waals surface area contributed by atoms with Gasteiger partial charge >= 0.3 is 0 Å². The Kier molecular flexibility index (Phi) is 8.48. The summed E-state index contributed by atoms with van der Waals surface area (Å²) in [5.74, 6) is 1.07. The van der Waals surface area contributed by atoms with Crippen LogP contribution in [-0.4, -0.2) is 40.1 Å². The van der Waals surface area contributed by atoms with E-state index in [-0.39, 0.29) is 11.7 Å². The topological polar surface area (TPSA) is 69.0 Å². The van der Waals surface area contributed by atoms with Gasteiger partial charge in [0.15, 0.2) is 5.16 Å². The maximum absolute atomic E-state index is 12.4. The number of benzene rings is 2. The summed E-state index contributed by atoms with van der Waals surface area (Å²) in [4.78, 5) is 12.4. The summed E-state index contributed by atoms with van der Waals surface area (Å²) in [6.07, 6.45) is 1.67. The molecule has 0 radical (unpaired) electrons. The van der Waals surface area contributed by atoms with E-state index in [1.54, 1.807) is 7.11 Å². The van der Waals surface area contributed by atoms with Crippen LogP contribution in [0.1, 0.15) is 17.0 Å². The van der Waals surface area contributed by atoms with Crippen molar-refractivity contribution in [3.8, 4) is 0 Å². The number of anilines is 1. The maximum atomic E-state index is 12.4. The zero-order valence-electron chi connectivity index (χ0n) is 17.1. The molecule has 0 spiro atoms. The van der Waals surface area contributed by atoms with Gasteiger partial charge in [-0.25, -0.2) is 0 Å². The van der Waals surface area contributed by atoms with E-state index >= 15 is 0 Å². The first-order valence-corrected chi connectivity index (χ1v) is 11.5. The fourth-order valence-electron chi connectivity index (χ4n) is 2.96. The molecule has 2 aromatic carbocycles. The number of hydrogen-bond donors (Lipinski definition) is 1. The third-order valence-corrected chi connectivity index (χ3v) is 6.15. The molecule has 6 nitrogen and oxygen atoms in total. The smallest absolute Gasteiger partial charge is 0.234 e. The fraction of sp³-hybridized carbons (Fsp3) is 0.318. The van der Waals surface area contributed by atoms with E-state index in [0.717, 1.165) is 39.5 Å². The highest BCUT2D eigenvalue weighted by atomic mass is 79.9. The Balaban J connectivity index is 1.62. The van der Waals surface area contributed by atoms with Crippen molar-refractivity contribution in [2.24, 2.45) is 0 Å². The monoisotopic (exact) mass is 488 g/mol. The van der Waals surface area contributed by atoms with E-state index in [2.05, 4.69) is 43.6 Å². The lowest BCUT2D eigenvalue weighted by molar-refractivity contribution is -0.113. The van der Waals surface area contributed by atoms with Gasteiger partial charge in [0.2, 0.25) is 5.91 Å². The van der Waals surface area contributed by atoms with Gasteiger partial charge in [0, 0.05) is 24.5 Å². The van der Waals surface area contributed by atoms with Crippen molar-refractivity contribution in [2.75, 3.05) is 24.8 Å². The highest BCUT2D eigenvalue weighted by molar-refractivity contribution is 9.10. The first-order chi connectivity index (χ1) is 14.6. The standard InChI is InChI=1S/C22H25BrN4O2S/c1-16-8-10-19(18(23)14-16)24-21(28)15-30-22-26-25-20(27(22)12-13-29-2)11-9-17-6-4-3-5-7-17/h3-8,10,14H,9,11-13,15H2,1-2H3,(H,24,28). The molecule has 1 amide bonds. The van der Waals surface area contributed by atoms with Crippen LogP contribution in [0.2, 0.25) is 0 Å². The molecule has 0 fully saturated rings. The highest BCUT2D eigenvalue weighted by Gasteiger charge is 2.15. The SMILES string of the molecule is COCCn1c(CCc2ccccc2)nnc1SCC(=O)Nc1ccc(C)cc1Br. The molecule has 0 saturated carbocycles. The molecule has 3 aromatic rings. The Morgan fingerprint density at radius 3 is 2.70 bits per heavy atom. The summed E-state index contributed by atoms with van der Waals surface area (Å²) < 4.78 is 8.16. The molecule has 0 aliphatic carbocycles. The van der Waals surface area contributed by atoms with Crippen LogP contribution in [-0.2, 0) is 28.9 Å². The molecule has 1 aromatic heterocycles. The Morgan fingerprint density at radius 2 is 1.97 bits per heavy atom. The predicted molar refractivity (Wildman–Crippen MR) is 124 cm³/mol. The Morgan fingerprint density at radius 1 is 1.17 bits per heavy atom. The van der Waals surface area contributed by atoms with E-state index in [0.29, 0.717) is 13.2 Å². The van der Waals surface area contributed by atoms with Crippen molar-refractivity contribution in [2.45, 2.75) is 31.5 Å². The van der Waals surface area contributed by atoms with E-state index in [9.17, 15) is 4.79 Å². The largest absolute Gasteiger partial charge is 0.383 e. The van der Waals surface area contributed by atoms with Gasteiger partial charge in [0.25, 0.3) is 0 Å². The molecule has 0 aliphatic rings. The van der Waals surface area contributed by atoms with Gasteiger partial charge in [-0.3, -0.25) is 4.79 Å². The Bertz CT molecular complexity index is 979. The number of rotatable bonds is 10. The zero-order valence-corrected chi connectivity index (χ0v) is 19.5. The number of nitrogens with zero attached hydrogens (tertiary/aromatic N) is 3. The summed E-state index contributed by atoms with van der Waals surface area (Å²) in [7, 11) is 1.67. The number of aromatic nitrogens is 3. The number of aryl methyl sites for hydroxylation is 3. The molecular formula is C22H25BrN4O2S. The number of thioether (sulfide) groups is 1. The third-order valence-electron chi connectivity index (χ3n) is 4.52. The Hall–Kier alpha value is -2.16. The second kappa shape index (κ2) is 11.3. The van der Waals surface area contributed by atoms with Gasteiger partial charge in [-0.15, -0.1) is 10.2 Å². The number of carbonyl (C=O) groups excluding carboxylic acids is 1. The molecule has 0 unspecified atom stereocenters. The molecule has 1 N–H and O–H groups in total. The number of amides is 1. The molecule has 0 bridgehead atoms. The summed E-state index contributed by atoms with van der Waals surface area (Å²) in [5, 5.41) is 12.4. The van der Waals surface area contributed by atoms with Crippen molar-refractivity contribution in [3.05, 3.63) is 70.0 Å². The summed E-state index contributed by atoms with van der Waals surface area (Å²) in [6.45, 7) is 3.22. The minimum atomic E-state index is -0.0864. The lowest BCUT2D eigenvalue weighted by atomic mass is 10.1. The van der Waals surface area contributed by atoms with Crippen molar-refractivity contribution < 1.29 is 9.53 Å². The van der Waals surface area contributed by atoms with Crippen LogP contribution in [0, 0.1) is 6.92 Å². The number of halogens is 1. The van der Waals surface area contributed by atoms with Crippen molar-refractivity contribution in [1.82, 2.24) is 14.8 Å².